The maximum absolute atomic E-state index is 13.1. The Kier molecular flexibility index (Phi) is 3.74. The fourth-order valence-electron chi connectivity index (χ4n) is 2.15. The Bertz CT molecular complexity index is 733. The van der Waals surface area contributed by atoms with Gasteiger partial charge in [0.1, 0.15) is 11.6 Å². The predicted molar refractivity (Wildman–Crippen MR) is 77.7 cm³/mol. The van der Waals surface area contributed by atoms with Gasteiger partial charge in [0, 0.05) is 6.54 Å². The maximum Gasteiger partial charge on any atom is 0.275 e. The van der Waals surface area contributed by atoms with Gasteiger partial charge in [0.15, 0.2) is 0 Å². The highest BCUT2D eigenvalue weighted by molar-refractivity contribution is 6.11. The van der Waals surface area contributed by atoms with Crippen LogP contribution in [-0.2, 0) is 16.1 Å². The first-order valence-electron chi connectivity index (χ1n) is 6.72. The van der Waals surface area contributed by atoms with Crippen LogP contribution in [0.2, 0.25) is 0 Å². The Balaban J connectivity index is 1.67. The Morgan fingerprint density at radius 3 is 2.86 bits per heavy atom. The second kappa shape index (κ2) is 5.85. The van der Waals surface area contributed by atoms with Gasteiger partial charge in [-0.2, -0.15) is 0 Å². The summed E-state index contributed by atoms with van der Waals surface area (Å²) in [4.78, 5) is 24.0. The van der Waals surface area contributed by atoms with E-state index in [2.05, 4.69) is 10.6 Å². The highest BCUT2D eigenvalue weighted by Crippen LogP contribution is 2.28. The zero-order valence-electron chi connectivity index (χ0n) is 11.5. The molecule has 0 fully saturated rings. The molecule has 2 aromatic carbocycles. The monoisotopic (exact) mass is 300 g/mol. The van der Waals surface area contributed by atoms with Crippen LogP contribution in [0.4, 0.5) is 10.1 Å². The number of halogens is 1. The summed E-state index contributed by atoms with van der Waals surface area (Å²) >= 11 is 0. The summed E-state index contributed by atoms with van der Waals surface area (Å²) in [7, 11) is 0. The van der Waals surface area contributed by atoms with Crippen molar-refractivity contribution < 1.29 is 18.7 Å². The van der Waals surface area contributed by atoms with Gasteiger partial charge in [0.05, 0.1) is 5.69 Å². The summed E-state index contributed by atoms with van der Waals surface area (Å²) in [5.41, 5.74) is 1.13. The molecule has 3 rings (SSSR count). The topological polar surface area (TPSA) is 67.4 Å². The third-order valence-corrected chi connectivity index (χ3v) is 3.22. The van der Waals surface area contributed by atoms with Gasteiger partial charge in [-0.1, -0.05) is 24.3 Å². The Morgan fingerprint density at radius 1 is 1.23 bits per heavy atom. The summed E-state index contributed by atoms with van der Waals surface area (Å²) in [5, 5.41) is 5.18. The lowest BCUT2D eigenvalue weighted by molar-refractivity contribution is -0.137. The molecule has 1 aliphatic heterocycles. The van der Waals surface area contributed by atoms with Crippen LogP contribution in [0.15, 0.2) is 48.5 Å². The molecule has 0 spiro atoms. The van der Waals surface area contributed by atoms with Crippen LogP contribution in [-0.4, -0.2) is 17.9 Å². The lowest BCUT2D eigenvalue weighted by atomic mass is 10.2. The zero-order valence-corrected chi connectivity index (χ0v) is 11.5. The highest BCUT2D eigenvalue weighted by atomic mass is 19.1. The highest BCUT2D eigenvalue weighted by Gasteiger charge is 2.33. The van der Waals surface area contributed by atoms with Crippen molar-refractivity contribution in [2.24, 2.45) is 0 Å². The van der Waals surface area contributed by atoms with E-state index in [1.165, 1.54) is 12.1 Å². The largest absolute Gasteiger partial charge is 0.468 e. The Hall–Kier alpha value is -2.89. The quantitative estimate of drug-likeness (QED) is 0.850. The number of amides is 2. The lowest BCUT2D eigenvalue weighted by Crippen LogP contribution is -2.48. The molecular formula is C16H13FN2O3. The third kappa shape index (κ3) is 2.90. The van der Waals surface area contributed by atoms with E-state index in [1.54, 1.807) is 36.4 Å². The van der Waals surface area contributed by atoms with Gasteiger partial charge in [-0.05, 0) is 29.8 Å². The first kappa shape index (κ1) is 14.1. The molecule has 1 unspecified atom stereocenters. The molecule has 5 nitrogen and oxygen atoms in total. The van der Waals surface area contributed by atoms with E-state index in [4.69, 9.17) is 4.74 Å². The number of benzene rings is 2. The smallest absolute Gasteiger partial charge is 0.275 e. The molecule has 6 heteroatoms. The summed E-state index contributed by atoms with van der Waals surface area (Å²) in [6.07, 6.45) is -1.26. The molecular weight excluding hydrogens is 287 g/mol. The van der Waals surface area contributed by atoms with E-state index in [-0.39, 0.29) is 12.4 Å². The first-order valence-corrected chi connectivity index (χ1v) is 6.72. The summed E-state index contributed by atoms with van der Waals surface area (Å²) in [5.74, 6) is -1.05. The van der Waals surface area contributed by atoms with Crippen molar-refractivity contribution in [3.63, 3.8) is 0 Å². The molecule has 1 atom stereocenters. The van der Waals surface area contributed by atoms with Crippen LogP contribution >= 0.6 is 0 Å². The van der Waals surface area contributed by atoms with Crippen molar-refractivity contribution in [2.75, 3.05) is 5.32 Å². The fraction of sp³-hybridized carbons (Fsp3) is 0.125. The molecule has 2 N–H and O–H groups in total. The van der Waals surface area contributed by atoms with Crippen LogP contribution in [0.3, 0.4) is 0 Å². The number of hydrogen-bond donors (Lipinski definition) is 2. The molecule has 2 aromatic rings. The second-order valence-corrected chi connectivity index (χ2v) is 4.83. The standard InChI is InChI=1S/C16H13FN2O3/c17-11-5-3-4-10(8-11)9-18-15(20)14-16(21)19-12-6-1-2-7-13(12)22-14/h1-8,14H,9H2,(H,18,20)(H,19,21). The molecule has 112 valence electrons. The fourth-order valence-corrected chi connectivity index (χ4v) is 2.15. The average Bonchev–Trinajstić information content (AvgIpc) is 2.52. The molecule has 0 saturated carbocycles. The van der Waals surface area contributed by atoms with Crippen molar-refractivity contribution >= 4 is 17.5 Å². The number of anilines is 1. The Labute approximate surface area is 126 Å². The molecule has 22 heavy (non-hydrogen) atoms. The van der Waals surface area contributed by atoms with Gasteiger partial charge in [-0.15, -0.1) is 0 Å². The van der Waals surface area contributed by atoms with Crippen molar-refractivity contribution in [2.45, 2.75) is 12.6 Å². The van der Waals surface area contributed by atoms with Gasteiger partial charge in [-0.25, -0.2) is 4.39 Å². The van der Waals surface area contributed by atoms with Crippen molar-refractivity contribution in [1.29, 1.82) is 0 Å². The normalized spacial score (nSPS) is 16.2. The zero-order chi connectivity index (χ0) is 15.5. The number of carbonyl (C=O) groups excluding carboxylic acids is 2. The SMILES string of the molecule is O=C(NCc1cccc(F)c1)C1Oc2ccccc2NC1=O. The number of para-hydroxylation sites is 2. The minimum atomic E-state index is -1.26. The number of ether oxygens (including phenoxy) is 1. The summed E-state index contributed by atoms with van der Waals surface area (Å²) in [6.45, 7) is 0.116. The molecule has 1 heterocycles. The van der Waals surface area contributed by atoms with Crippen molar-refractivity contribution in [1.82, 2.24) is 5.32 Å². The van der Waals surface area contributed by atoms with Crippen LogP contribution in [0.25, 0.3) is 0 Å². The number of rotatable bonds is 3. The van der Waals surface area contributed by atoms with Crippen LogP contribution < -0.4 is 15.4 Å². The molecule has 0 saturated heterocycles. The van der Waals surface area contributed by atoms with Crippen LogP contribution in [0.5, 0.6) is 5.75 Å². The number of carbonyl (C=O) groups is 2. The van der Waals surface area contributed by atoms with E-state index in [0.717, 1.165) is 0 Å². The second-order valence-electron chi connectivity index (χ2n) is 4.83. The third-order valence-electron chi connectivity index (χ3n) is 3.22. The molecule has 0 aliphatic carbocycles. The van der Waals surface area contributed by atoms with E-state index in [1.807, 2.05) is 0 Å². The first-order chi connectivity index (χ1) is 10.6. The predicted octanol–water partition coefficient (Wildman–Crippen LogP) is 1.84. The number of fused-ring (bicyclic) bond motifs is 1. The number of nitrogens with one attached hydrogen (secondary N) is 2. The molecule has 0 bridgehead atoms. The summed E-state index contributed by atoms with van der Waals surface area (Å²) < 4.78 is 18.5. The molecule has 2 amide bonds. The van der Waals surface area contributed by atoms with Crippen LogP contribution in [0.1, 0.15) is 5.56 Å². The van der Waals surface area contributed by atoms with E-state index >= 15 is 0 Å². The lowest BCUT2D eigenvalue weighted by Gasteiger charge is -2.24. The van der Waals surface area contributed by atoms with Crippen molar-refractivity contribution in [3.8, 4) is 5.75 Å². The van der Waals surface area contributed by atoms with Gasteiger partial charge < -0.3 is 15.4 Å². The van der Waals surface area contributed by atoms with Crippen LogP contribution in [0, 0.1) is 5.82 Å². The van der Waals surface area contributed by atoms with Gasteiger partial charge in [-0.3, -0.25) is 9.59 Å². The minimum absolute atomic E-state index is 0.116. The Morgan fingerprint density at radius 2 is 2.05 bits per heavy atom. The van der Waals surface area contributed by atoms with E-state index in [9.17, 15) is 14.0 Å². The maximum atomic E-state index is 13.1. The van der Waals surface area contributed by atoms with E-state index < -0.39 is 17.9 Å². The molecule has 1 aliphatic rings. The van der Waals surface area contributed by atoms with Gasteiger partial charge in [0.2, 0.25) is 0 Å². The van der Waals surface area contributed by atoms with Gasteiger partial charge in [0.25, 0.3) is 17.9 Å². The average molecular weight is 300 g/mol. The van der Waals surface area contributed by atoms with E-state index in [0.29, 0.717) is 17.0 Å². The van der Waals surface area contributed by atoms with Gasteiger partial charge >= 0.3 is 0 Å². The molecule has 0 radical (unpaired) electrons. The molecule has 0 aromatic heterocycles. The number of hydrogen-bond acceptors (Lipinski definition) is 3. The summed E-state index contributed by atoms with van der Waals surface area (Å²) in [6, 6.07) is 12.7. The van der Waals surface area contributed by atoms with Crippen molar-refractivity contribution in [3.05, 3.63) is 59.9 Å². The minimum Gasteiger partial charge on any atom is -0.468 e.